The number of pyridine rings is 1. The molecule has 0 atom stereocenters. The number of amides is 1. The standard InChI is InChI=1S/C24H22N4O2/c25-16-18-6-11-23(26-17-18)28-14-12-19(13-15-28)24(29)27-20-7-9-22(10-8-20)30-21-4-2-1-3-5-21/h1-11,17,19H,12-15H2,(H,27,29). The number of hydrogen-bond donors (Lipinski definition) is 1. The van der Waals surface area contributed by atoms with Crippen molar-refractivity contribution in [2.24, 2.45) is 5.92 Å². The molecule has 1 aliphatic rings. The van der Waals surface area contributed by atoms with Gasteiger partial charge in [-0.15, -0.1) is 0 Å². The molecule has 3 aromatic rings. The Morgan fingerprint density at radius 2 is 1.70 bits per heavy atom. The topological polar surface area (TPSA) is 78.2 Å². The summed E-state index contributed by atoms with van der Waals surface area (Å²) in [5.41, 5.74) is 1.31. The number of hydrogen-bond acceptors (Lipinski definition) is 5. The second kappa shape index (κ2) is 9.10. The van der Waals surface area contributed by atoms with Gasteiger partial charge in [0.15, 0.2) is 0 Å². The van der Waals surface area contributed by atoms with Crippen molar-refractivity contribution in [1.29, 1.82) is 5.26 Å². The summed E-state index contributed by atoms with van der Waals surface area (Å²) in [5.74, 6) is 2.36. The monoisotopic (exact) mass is 398 g/mol. The first-order valence-corrected chi connectivity index (χ1v) is 9.96. The van der Waals surface area contributed by atoms with Crippen LogP contribution in [0.5, 0.6) is 11.5 Å². The van der Waals surface area contributed by atoms with E-state index in [2.05, 4.69) is 21.3 Å². The van der Waals surface area contributed by atoms with Crippen molar-refractivity contribution < 1.29 is 9.53 Å². The molecule has 0 radical (unpaired) electrons. The van der Waals surface area contributed by atoms with Gasteiger partial charge in [0.25, 0.3) is 0 Å². The molecule has 1 aliphatic heterocycles. The molecule has 150 valence electrons. The van der Waals surface area contributed by atoms with Crippen molar-refractivity contribution in [3.05, 3.63) is 78.5 Å². The first-order chi connectivity index (χ1) is 14.7. The summed E-state index contributed by atoms with van der Waals surface area (Å²) in [6.45, 7) is 1.53. The first-order valence-electron chi connectivity index (χ1n) is 9.96. The summed E-state index contributed by atoms with van der Waals surface area (Å²) >= 11 is 0. The molecule has 1 aromatic heterocycles. The van der Waals surface area contributed by atoms with Gasteiger partial charge in [0.1, 0.15) is 23.4 Å². The van der Waals surface area contributed by atoms with Crippen molar-refractivity contribution in [3.8, 4) is 17.6 Å². The molecule has 2 aromatic carbocycles. The molecule has 6 nitrogen and oxygen atoms in total. The lowest BCUT2D eigenvalue weighted by Gasteiger charge is -2.32. The van der Waals surface area contributed by atoms with Crippen LogP contribution in [0.25, 0.3) is 0 Å². The normalized spacial score (nSPS) is 14.0. The van der Waals surface area contributed by atoms with Gasteiger partial charge in [-0.1, -0.05) is 18.2 Å². The highest BCUT2D eigenvalue weighted by Gasteiger charge is 2.25. The molecule has 0 unspecified atom stereocenters. The van der Waals surface area contributed by atoms with Crippen LogP contribution in [0.15, 0.2) is 72.9 Å². The van der Waals surface area contributed by atoms with Crippen LogP contribution in [-0.4, -0.2) is 24.0 Å². The van der Waals surface area contributed by atoms with Gasteiger partial charge in [0.2, 0.25) is 5.91 Å². The van der Waals surface area contributed by atoms with Crippen LogP contribution >= 0.6 is 0 Å². The van der Waals surface area contributed by atoms with Crippen LogP contribution in [0.1, 0.15) is 18.4 Å². The van der Waals surface area contributed by atoms with E-state index in [4.69, 9.17) is 10.00 Å². The number of piperidine rings is 1. The number of ether oxygens (including phenoxy) is 1. The molecule has 0 bridgehead atoms. The largest absolute Gasteiger partial charge is 0.457 e. The number of carbonyl (C=O) groups excluding carboxylic acids is 1. The van der Waals surface area contributed by atoms with Gasteiger partial charge in [0, 0.05) is 30.9 Å². The Bertz CT molecular complexity index is 1020. The summed E-state index contributed by atoms with van der Waals surface area (Å²) in [7, 11) is 0. The Balaban J connectivity index is 1.28. The molecule has 1 amide bonds. The molecule has 1 fully saturated rings. The number of benzene rings is 2. The van der Waals surface area contributed by atoms with E-state index in [0.717, 1.165) is 48.9 Å². The maximum atomic E-state index is 12.7. The lowest BCUT2D eigenvalue weighted by molar-refractivity contribution is -0.120. The fourth-order valence-corrected chi connectivity index (χ4v) is 3.49. The zero-order valence-corrected chi connectivity index (χ0v) is 16.5. The summed E-state index contributed by atoms with van der Waals surface area (Å²) < 4.78 is 5.78. The Labute approximate surface area is 175 Å². The van der Waals surface area contributed by atoms with Crippen molar-refractivity contribution in [2.45, 2.75) is 12.8 Å². The van der Waals surface area contributed by atoms with Crippen LogP contribution in [0.2, 0.25) is 0 Å². The lowest BCUT2D eigenvalue weighted by atomic mass is 9.95. The predicted octanol–water partition coefficient (Wildman–Crippen LogP) is 4.60. The van der Waals surface area contributed by atoms with E-state index in [1.54, 1.807) is 12.3 Å². The second-order valence-electron chi connectivity index (χ2n) is 7.21. The molecule has 2 heterocycles. The highest BCUT2D eigenvalue weighted by atomic mass is 16.5. The van der Waals surface area contributed by atoms with E-state index >= 15 is 0 Å². The van der Waals surface area contributed by atoms with Crippen LogP contribution < -0.4 is 15.0 Å². The smallest absolute Gasteiger partial charge is 0.227 e. The van der Waals surface area contributed by atoms with Crippen LogP contribution in [0.3, 0.4) is 0 Å². The minimum absolute atomic E-state index is 0.0279. The van der Waals surface area contributed by atoms with E-state index in [1.807, 2.05) is 60.7 Å². The van der Waals surface area contributed by atoms with Gasteiger partial charge in [-0.3, -0.25) is 4.79 Å². The summed E-state index contributed by atoms with van der Waals surface area (Å²) in [6, 6.07) is 22.7. The minimum Gasteiger partial charge on any atom is -0.457 e. The van der Waals surface area contributed by atoms with E-state index in [0.29, 0.717) is 5.56 Å². The zero-order chi connectivity index (χ0) is 20.8. The SMILES string of the molecule is N#Cc1ccc(N2CCC(C(=O)Nc3ccc(Oc4ccccc4)cc3)CC2)nc1. The Morgan fingerprint density at radius 3 is 2.33 bits per heavy atom. The molecule has 4 rings (SSSR count). The maximum absolute atomic E-state index is 12.7. The van der Waals surface area contributed by atoms with Crippen LogP contribution in [0, 0.1) is 17.2 Å². The lowest BCUT2D eigenvalue weighted by Crippen LogP contribution is -2.38. The highest BCUT2D eigenvalue weighted by molar-refractivity contribution is 5.92. The number of nitriles is 1. The molecule has 0 saturated carbocycles. The molecule has 6 heteroatoms. The fraction of sp³-hybridized carbons (Fsp3) is 0.208. The van der Waals surface area contributed by atoms with E-state index in [1.165, 1.54) is 0 Å². The van der Waals surface area contributed by atoms with Crippen molar-refractivity contribution in [1.82, 2.24) is 4.98 Å². The minimum atomic E-state index is -0.0279. The molecule has 1 N–H and O–H groups in total. The maximum Gasteiger partial charge on any atom is 0.227 e. The number of nitrogens with one attached hydrogen (secondary N) is 1. The van der Waals surface area contributed by atoms with Gasteiger partial charge in [-0.25, -0.2) is 4.98 Å². The van der Waals surface area contributed by atoms with Crippen molar-refractivity contribution in [3.63, 3.8) is 0 Å². The third-order valence-electron chi connectivity index (χ3n) is 5.17. The van der Waals surface area contributed by atoms with Gasteiger partial charge < -0.3 is 15.0 Å². The number of carbonyl (C=O) groups is 1. The van der Waals surface area contributed by atoms with Crippen molar-refractivity contribution in [2.75, 3.05) is 23.3 Å². The van der Waals surface area contributed by atoms with Gasteiger partial charge >= 0.3 is 0 Å². The molecular formula is C24H22N4O2. The number of aromatic nitrogens is 1. The molecular weight excluding hydrogens is 376 g/mol. The van der Waals surface area contributed by atoms with Crippen LogP contribution in [-0.2, 0) is 4.79 Å². The summed E-state index contributed by atoms with van der Waals surface area (Å²) in [4.78, 5) is 19.2. The van der Waals surface area contributed by atoms with Crippen LogP contribution in [0.4, 0.5) is 11.5 Å². The molecule has 0 aliphatic carbocycles. The third kappa shape index (κ3) is 4.76. The van der Waals surface area contributed by atoms with E-state index < -0.39 is 0 Å². The Morgan fingerprint density at radius 1 is 1.00 bits per heavy atom. The zero-order valence-electron chi connectivity index (χ0n) is 16.5. The summed E-state index contributed by atoms with van der Waals surface area (Å²) in [5, 5.41) is 11.9. The summed E-state index contributed by atoms with van der Waals surface area (Å²) in [6.07, 6.45) is 3.12. The van der Waals surface area contributed by atoms with Gasteiger partial charge in [-0.05, 0) is 61.4 Å². The Hall–Kier alpha value is -3.85. The van der Waals surface area contributed by atoms with Crippen molar-refractivity contribution >= 4 is 17.4 Å². The van der Waals surface area contributed by atoms with E-state index in [9.17, 15) is 4.79 Å². The molecule has 30 heavy (non-hydrogen) atoms. The predicted molar refractivity (Wildman–Crippen MR) is 115 cm³/mol. The highest BCUT2D eigenvalue weighted by Crippen LogP contribution is 2.25. The fourth-order valence-electron chi connectivity index (χ4n) is 3.49. The first kappa shape index (κ1) is 19.5. The van der Waals surface area contributed by atoms with Gasteiger partial charge in [0.05, 0.1) is 5.56 Å². The third-order valence-corrected chi connectivity index (χ3v) is 5.17. The van der Waals surface area contributed by atoms with Gasteiger partial charge in [-0.2, -0.15) is 5.26 Å². The quantitative estimate of drug-likeness (QED) is 0.679. The molecule has 0 spiro atoms. The molecule has 1 saturated heterocycles. The average Bonchev–Trinajstić information content (AvgIpc) is 2.81. The second-order valence-corrected chi connectivity index (χ2v) is 7.21. The number of anilines is 2. The van der Waals surface area contributed by atoms with E-state index in [-0.39, 0.29) is 11.8 Å². The average molecular weight is 398 g/mol. The number of rotatable bonds is 5. The Kier molecular flexibility index (Phi) is 5.90. The number of para-hydroxylation sites is 1. The number of nitrogens with zero attached hydrogens (tertiary/aromatic N) is 3.